The van der Waals surface area contributed by atoms with E-state index in [1.807, 2.05) is 0 Å². The average Bonchev–Trinajstić information content (AvgIpc) is 2.72. The monoisotopic (exact) mass is 227 g/mol. The lowest BCUT2D eigenvalue weighted by Gasteiger charge is -2.31. The molecule has 0 spiro atoms. The zero-order valence-electron chi connectivity index (χ0n) is 9.34. The van der Waals surface area contributed by atoms with E-state index in [4.69, 9.17) is 0 Å². The van der Waals surface area contributed by atoms with Crippen molar-refractivity contribution in [1.82, 2.24) is 10.4 Å². The van der Waals surface area contributed by atoms with E-state index in [0.29, 0.717) is 17.4 Å². The third-order valence-electron chi connectivity index (χ3n) is 3.39. The van der Waals surface area contributed by atoms with E-state index in [-0.39, 0.29) is 5.91 Å². The molecule has 2 aliphatic carbocycles. The Morgan fingerprint density at radius 1 is 1.53 bits per heavy atom. The van der Waals surface area contributed by atoms with Crippen molar-refractivity contribution in [1.29, 1.82) is 0 Å². The minimum Gasteiger partial charge on any atom is -0.267 e. The van der Waals surface area contributed by atoms with Crippen molar-refractivity contribution in [2.24, 2.45) is 16.9 Å². The molecule has 1 aromatic heterocycles. The summed E-state index contributed by atoms with van der Waals surface area (Å²) < 4.78 is 0. The standard InChI is InChI=1S/C13H13N3O/c17-13(10-4-2-6-14-8-10)16-15-12-7-9-3-1-5-11(9)12/h1-4,6,8-9,11H,5,7H2,(H,16,17)/b15-12-/t9-,11+/m0/s1. The number of rotatable bonds is 2. The molecule has 4 nitrogen and oxygen atoms in total. The Hall–Kier alpha value is -1.97. The number of hydrogen-bond acceptors (Lipinski definition) is 3. The van der Waals surface area contributed by atoms with Gasteiger partial charge in [0.05, 0.1) is 5.56 Å². The summed E-state index contributed by atoms with van der Waals surface area (Å²) in [5.74, 6) is 0.994. The molecule has 0 saturated heterocycles. The summed E-state index contributed by atoms with van der Waals surface area (Å²) in [4.78, 5) is 15.6. The first-order chi connectivity index (χ1) is 8.34. The largest absolute Gasteiger partial charge is 0.272 e. The number of carbonyl (C=O) groups is 1. The van der Waals surface area contributed by atoms with Crippen LogP contribution in [0.1, 0.15) is 23.2 Å². The highest BCUT2D eigenvalue weighted by atomic mass is 16.2. The normalized spacial score (nSPS) is 27.6. The minimum absolute atomic E-state index is 0.194. The van der Waals surface area contributed by atoms with Crippen LogP contribution in [-0.4, -0.2) is 16.6 Å². The van der Waals surface area contributed by atoms with Gasteiger partial charge in [0, 0.05) is 24.0 Å². The number of nitrogens with one attached hydrogen (secondary N) is 1. The summed E-state index contributed by atoms with van der Waals surface area (Å²) in [6.45, 7) is 0. The van der Waals surface area contributed by atoms with Crippen molar-refractivity contribution in [3.63, 3.8) is 0 Å². The number of nitrogens with zero attached hydrogens (tertiary/aromatic N) is 2. The van der Waals surface area contributed by atoms with Crippen LogP contribution in [0, 0.1) is 11.8 Å². The maximum absolute atomic E-state index is 11.7. The molecular weight excluding hydrogens is 214 g/mol. The van der Waals surface area contributed by atoms with Crippen molar-refractivity contribution in [2.45, 2.75) is 12.8 Å². The number of pyridine rings is 1. The topological polar surface area (TPSA) is 54.4 Å². The van der Waals surface area contributed by atoms with Gasteiger partial charge in [0.15, 0.2) is 0 Å². The Labute approximate surface area is 99.4 Å². The van der Waals surface area contributed by atoms with Gasteiger partial charge in [-0.25, -0.2) is 5.43 Å². The molecule has 1 saturated carbocycles. The fourth-order valence-corrected chi connectivity index (χ4v) is 2.35. The number of allylic oxidation sites excluding steroid dienone is 2. The SMILES string of the molecule is O=C(N/N=C1/C[C@@H]2C=CC[C@@H]12)c1cccnc1. The van der Waals surface area contributed by atoms with Crippen LogP contribution in [0.3, 0.4) is 0 Å². The van der Waals surface area contributed by atoms with Gasteiger partial charge in [0.2, 0.25) is 0 Å². The number of fused-ring (bicyclic) bond motifs is 1. The molecule has 1 aromatic rings. The third-order valence-corrected chi connectivity index (χ3v) is 3.39. The second-order valence-electron chi connectivity index (χ2n) is 4.42. The lowest BCUT2D eigenvalue weighted by Crippen LogP contribution is -2.35. The first kappa shape index (κ1) is 10.2. The predicted molar refractivity (Wildman–Crippen MR) is 64.5 cm³/mol. The summed E-state index contributed by atoms with van der Waals surface area (Å²) >= 11 is 0. The highest BCUT2D eigenvalue weighted by molar-refractivity contribution is 5.97. The number of amides is 1. The predicted octanol–water partition coefficient (Wildman–Crippen LogP) is 1.76. The lowest BCUT2D eigenvalue weighted by atomic mass is 9.74. The lowest BCUT2D eigenvalue weighted by molar-refractivity contribution is 0.0953. The molecule has 1 N–H and O–H groups in total. The summed E-state index contributed by atoms with van der Waals surface area (Å²) in [6, 6.07) is 3.46. The van der Waals surface area contributed by atoms with E-state index >= 15 is 0 Å². The van der Waals surface area contributed by atoms with Crippen molar-refractivity contribution >= 4 is 11.6 Å². The van der Waals surface area contributed by atoms with E-state index in [1.54, 1.807) is 18.3 Å². The van der Waals surface area contributed by atoms with Gasteiger partial charge in [-0.3, -0.25) is 9.78 Å². The molecule has 17 heavy (non-hydrogen) atoms. The van der Waals surface area contributed by atoms with Gasteiger partial charge < -0.3 is 0 Å². The maximum atomic E-state index is 11.7. The van der Waals surface area contributed by atoms with Gasteiger partial charge in [-0.1, -0.05) is 12.2 Å². The molecule has 4 heteroatoms. The third kappa shape index (κ3) is 1.86. The van der Waals surface area contributed by atoms with E-state index in [0.717, 1.165) is 18.6 Å². The summed E-state index contributed by atoms with van der Waals surface area (Å²) in [5.41, 5.74) is 4.24. The molecule has 86 valence electrons. The van der Waals surface area contributed by atoms with Crippen molar-refractivity contribution in [3.8, 4) is 0 Å². The Morgan fingerprint density at radius 2 is 2.47 bits per heavy atom. The zero-order chi connectivity index (χ0) is 11.7. The molecule has 3 rings (SSSR count). The minimum atomic E-state index is -0.194. The van der Waals surface area contributed by atoms with Crippen LogP contribution in [0.4, 0.5) is 0 Å². The summed E-state index contributed by atoms with van der Waals surface area (Å²) in [6.07, 6.45) is 9.66. The quantitative estimate of drug-likeness (QED) is 0.618. The Balaban J connectivity index is 1.62. The van der Waals surface area contributed by atoms with Gasteiger partial charge in [-0.15, -0.1) is 0 Å². The molecular formula is C13H13N3O. The van der Waals surface area contributed by atoms with Crippen LogP contribution in [0.2, 0.25) is 0 Å². The number of aromatic nitrogens is 1. The highest BCUT2D eigenvalue weighted by Gasteiger charge is 2.37. The van der Waals surface area contributed by atoms with Gasteiger partial charge in [-0.05, 0) is 30.9 Å². The molecule has 2 atom stereocenters. The van der Waals surface area contributed by atoms with Crippen molar-refractivity contribution in [2.75, 3.05) is 0 Å². The summed E-state index contributed by atoms with van der Waals surface area (Å²) in [7, 11) is 0. The number of carbonyl (C=O) groups excluding carboxylic acids is 1. The first-order valence-electron chi connectivity index (χ1n) is 5.78. The Bertz CT molecular complexity index is 493. The highest BCUT2D eigenvalue weighted by Crippen LogP contribution is 2.39. The van der Waals surface area contributed by atoms with Gasteiger partial charge in [0.25, 0.3) is 5.91 Å². The molecule has 1 heterocycles. The van der Waals surface area contributed by atoms with E-state index in [1.165, 1.54) is 6.20 Å². The maximum Gasteiger partial charge on any atom is 0.272 e. The molecule has 1 amide bonds. The van der Waals surface area contributed by atoms with Gasteiger partial charge in [-0.2, -0.15) is 5.10 Å². The van der Waals surface area contributed by atoms with E-state index in [9.17, 15) is 4.79 Å². The smallest absolute Gasteiger partial charge is 0.267 e. The fraction of sp³-hybridized carbons (Fsp3) is 0.308. The van der Waals surface area contributed by atoms with Crippen LogP contribution < -0.4 is 5.43 Å². The first-order valence-corrected chi connectivity index (χ1v) is 5.78. The Morgan fingerprint density at radius 3 is 3.24 bits per heavy atom. The second-order valence-corrected chi connectivity index (χ2v) is 4.42. The second kappa shape index (κ2) is 4.13. The van der Waals surface area contributed by atoms with Crippen LogP contribution in [-0.2, 0) is 0 Å². The molecule has 0 radical (unpaired) electrons. The Kier molecular flexibility index (Phi) is 2.48. The molecule has 0 unspecified atom stereocenters. The van der Waals surface area contributed by atoms with Crippen LogP contribution in [0.15, 0.2) is 41.8 Å². The number of hydrazone groups is 1. The zero-order valence-corrected chi connectivity index (χ0v) is 9.34. The summed E-state index contributed by atoms with van der Waals surface area (Å²) in [5, 5.41) is 4.20. The van der Waals surface area contributed by atoms with Crippen LogP contribution >= 0.6 is 0 Å². The number of hydrogen-bond donors (Lipinski definition) is 1. The van der Waals surface area contributed by atoms with E-state index in [2.05, 4.69) is 27.7 Å². The fourth-order valence-electron chi connectivity index (χ4n) is 2.35. The molecule has 1 fully saturated rings. The van der Waals surface area contributed by atoms with Gasteiger partial charge >= 0.3 is 0 Å². The van der Waals surface area contributed by atoms with Crippen LogP contribution in [0.5, 0.6) is 0 Å². The van der Waals surface area contributed by atoms with Crippen molar-refractivity contribution < 1.29 is 4.79 Å². The molecule has 0 aromatic carbocycles. The molecule has 0 aliphatic heterocycles. The average molecular weight is 227 g/mol. The van der Waals surface area contributed by atoms with Crippen LogP contribution in [0.25, 0.3) is 0 Å². The van der Waals surface area contributed by atoms with E-state index < -0.39 is 0 Å². The molecule has 2 aliphatic rings. The molecule has 0 bridgehead atoms. The van der Waals surface area contributed by atoms with Crippen molar-refractivity contribution in [3.05, 3.63) is 42.2 Å². The van der Waals surface area contributed by atoms with Gasteiger partial charge in [0.1, 0.15) is 0 Å².